The van der Waals surface area contributed by atoms with Crippen molar-refractivity contribution in [3.8, 4) is 0 Å². The van der Waals surface area contributed by atoms with Crippen LogP contribution in [0, 0.1) is 35.0 Å². The van der Waals surface area contributed by atoms with Crippen molar-refractivity contribution in [1.82, 2.24) is 0 Å². The molecular weight excluding hydrogens is 180 g/mol. The Bertz CT molecular complexity index is 299. The van der Waals surface area contributed by atoms with Crippen LogP contribution in [0.2, 0.25) is 0 Å². The Hall–Kier alpha value is -0.260. The summed E-state index contributed by atoms with van der Waals surface area (Å²) < 4.78 is 0. The first-order valence-electron chi connectivity index (χ1n) is 6.71. The van der Waals surface area contributed by atoms with Crippen LogP contribution >= 0.6 is 0 Å². The minimum Gasteiger partial charge on any atom is -0.0996 e. The van der Waals surface area contributed by atoms with E-state index in [9.17, 15) is 0 Å². The van der Waals surface area contributed by atoms with Crippen molar-refractivity contribution >= 4 is 0 Å². The van der Waals surface area contributed by atoms with Gasteiger partial charge in [0.05, 0.1) is 0 Å². The van der Waals surface area contributed by atoms with Crippen LogP contribution in [0.4, 0.5) is 0 Å². The van der Waals surface area contributed by atoms with Gasteiger partial charge in [-0.15, -0.1) is 0 Å². The van der Waals surface area contributed by atoms with Crippen LogP contribution in [0.3, 0.4) is 0 Å². The van der Waals surface area contributed by atoms with E-state index in [1.165, 1.54) is 25.7 Å². The quantitative estimate of drug-likeness (QED) is 0.517. The SMILES string of the molecule is C=C1CC[C@H]2[C@@H]([C@H]3C(C)CC[C@@H]13)C2(C)C. The number of rotatable bonds is 0. The zero-order valence-corrected chi connectivity index (χ0v) is 10.4. The van der Waals surface area contributed by atoms with Gasteiger partial charge in [0.1, 0.15) is 0 Å². The van der Waals surface area contributed by atoms with Crippen molar-refractivity contribution in [2.45, 2.75) is 46.5 Å². The maximum atomic E-state index is 4.35. The largest absolute Gasteiger partial charge is 0.0996 e. The highest BCUT2D eigenvalue weighted by molar-refractivity contribution is 5.20. The van der Waals surface area contributed by atoms with E-state index < -0.39 is 0 Å². The van der Waals surface area contributed by atoms with Crippen molar-refractivity contribution in [2.24, 2.45) is 35.0 Å². The van der Waals surface area contributed by atoms with E-state index in [1.807, 2.05) is 0 Å². The number of hydrogen-bond acceptors (Lipinski definition) is 0. The maximum Gasteiger partial charge on any atom is -0.0172 e. The van der Waals surface area contributed by atoms with Crippen LogP contribution in [0.25, 0.3) is 0 Å². The van der Waals surface area contributed by atoms with Crippen LogP contribution in [0.1, 0.15) is 46.5 Å². The van der Waals surface area contributed by atoms with Crippen LogP contribution < -0.4 is 0 Å². The van der Waals surface area contributed by atoms with E-state index in [4.69, 9.17) is 0 Å². The Balaban J connectivity index is 1.93. The van der Waals surface area contributed by atoms with Gasteiger partial charge >= 0.3 is 0 Å². The first-order chi connectivity index (χ1) is 7.03. The molecule has 0 aromatic carbocycles. The van der Waals surface area contributed by atoms with E-state index >= 15 is 0 Å². The standard InChI is InChI=1S/C15H24/c1-9-6-8-12-14(15(12,3)4)13-10(2)5-7-11(9)13/h10-14H,1,5-8H2,2-4H3/t10?,11-,12-,13-,14-/m0/s1. The molecule has 5 atom stereocenters. The van der Waals surface area contributed by atoms with Gasteiger partial charge in [0.25, 0.3) is 0 Å². The van der Waals surface area contributed by atoms with Crippen molar-refractivity contribution in [3.63, 3.8) is 0 Å². The normalized spacial score (nSPS) is 51.9. The predicted octanol–water partition coefficient (Wildman–Crippen LogP) is 4.27. The van der Waals surface area contributed by atoms with Crippen LogP contribution in [0.15, 0.2) is 12.2 Å². The van der Waals surface area contributed by atoms with Crippen LogP contribution in [0.5, 0.6) is 0 Å². The highest BCUT2D eigenvalue weighted by atomic mass is 14.7. The van der Waals surface area contributed by atoms with Gasteiger partial charge in [0.2, 0.25) is 0 Å². The molecule has 1 unspecified atom stereocenters. The molecule has 0 heterocycles. The molecule has 0 saturated heterocycles. The van der Waals surface area contributed by atoms with E-state index in [2.05, 4.69) is 27.4 Å². The molecule has 0 bridgehead atoms. The fraction of sp³-hybridized carbons (Fsp3) is 0.867. The molecule has 0 amide bonds. The molecule has 0 aromatic heterocycles. The lowest BCUT2D eigenvalue weighted by molar-refractivity contribution is 0.280. The van der Waals surface area contributed by atoms with E-state index in [1.54, 1.807) is 5.57 Å². The molecule has 0 aliphatic heterocycles. The molecule has 0 N–H and O–H groups in total. The van der Waals surface area contributed by atoms with Gasteiger partial charge in [0, 0.05) is 0 Å². The molecule has 15 heavy (non-hydrogen) atoms. The summed E-state index contributed by atoms with van der Waals surface area (Å²) in [5.41, 5.74) is 2.25. The van der Waals surface area contributed by atoms with Gasteiger partial charge in [-0.05, 0) is 60.7 Å². The molecular formula is C15H24. The second kappa shape index (κ2) is 2.90. The molecule has 0 spiro atoms. The molecule has 84 valence electrons. The van der Waals surface area contributed by atoms with E-state index in [0.717, 1.165) is 29.6 Å². The summed E-state index contributed by atoms with van der Waals surface area (Å²) in [6.07, 6.45) is 5.63. The number of fused-ring (bicyclic) bond motifs is 3. The Labute approximate surface area is 94.1 Å². The molecule has 0 nitrogen and oxygen atoms in total. The summed E-state index contributed by atoms with van der Waals surface area (Å²) in [7, 11) is 0. The second-order valence-corrected chi connectivity index (χ2v) is 6.89. The molecule has 0 heteroatoms. The average molecular weight is 204 g/mol. The van der Waals surface area contributed by atoms with Gasteiger partial charge in [-0.25, -0.2) is 0 Å². The molecule has 3 fully saturated rings. The third-order valence-corrected chi connectivity index (χ3v) is 5.91. The lowest BCUT2D eigenvalue weighted by atomic mass is 9.80. The van der Waals surface area contributed by atoms with Crippen LogP contribution in [-0.4, -0.2) is 0 Å². The Morgan fingerprint density at radius 2 is 1.93 bits per heavy atom. The summed E-state index contributed by atoms with van der Waals surface area (Å²) in [6, 6.07) is 0. The summed E-state index contributed by atoms with van der Waals surface area (Å²) in [4.78, 5) is 0. The predicted molar refractivity (Wildman–Crippen MR) is 64.5 cm³/mol. The van der Waals surface area contributed by atoms with Gasteiger partial charge in [0.15, 0.2) is 0 Å². The summed E-state index contributed by atoms with van der Waals surface area (Å²) in [5.74, 6) is 4.87. The third kappa shape index (κ3) is 1.20. The molecule has 0 radical (unpaired) electrons. The number of hydrogen-bond donors (Lipinski definition) is 0. The van der Waals surface area contributed by atoms with Gasteiger partial charge in [-0.3, -0.25) is 0 Å². The minimum atomic E-state index is 0.655. The Kier molecular flexibility index (Phi) is 1.92. The minimum absolute atomic E-state index is 0.655. The smallest absolute Gasteiger partial charge is 0.0172 e. The zero-order chi connectivity index (χ0) is 10.8. The van der Waals surface area contributed by atoms with E-state index in [-0.39, 0.29) is 0 Å². The fourth-order valence-corrected chi connectivity index (χ4v) is 4.93. The highest BCUT2D eigenvalue weighted by Gasteiger charge is 2.64. The number of allylic oxidation sites excluding steroid dienone is 1. The lowest BCUT2D eigenvalue weighted by Gasteiger charge is -2.25. The highest BCUT2D eigenvalue weighted by Crippen LogP contribution is 2.70. The summed E-state index contributed by atoms with van der Waals surface area (Å²) >= 11 is 0. The molecule has 3 rings (SSSR count). The van der Waals surface area contributed by atoms with Crippen molar-refractivity contribution in [1.29, 1.82) is 0 Å². The first-order valence-corrected chi connectivity index (χ1v) is 6.71. The van der Waals surface area contributed by atoms with Crippen molar-refractivity contribution in [2.75, 3.05) is 0 Å². The summed E-state index contributed by atoms with van der Waals surface area (Å²) in [6.45, 7) is 11.8. The molecule has 3 saturated carbocycles. The topological polar surface area (TPSA) is 0 Å². The van der Waals surface area contributed by atoms with Crippen molar-refractivity contribution in [3.05, 3.63) is 12.2 Å². The Morgan fingerprint density at radius 3 is 2.67 bits per heavy atom. The fourth-order valence-electron chi connectivity index (χ4n) is 4.93. The van der Waals surface area contributed by atoms with Crippen LogP contribution in [-0.2, 0) is 0 Å². The van der Waals surface area contributed by atoms with Crippen molar-refractivity contribution < 1.29 is 0 Å². The molecule has 3 aliphatic carbocycles. The molecule has 3 aliphatic rings. The monoisotopic (exact) mass is 204 g/mol. The summed E-state index contributed by atoms with van der Waals surface area (Å²) in [5, 5.41) is 0. The van der Waals surface area contributed by atoms with Gasteiger partial charge in [-0.1, -0.05) is 32.9 Å². The first kappa shape index (κ1) is 9.93. The van der Waals surface area contributed by atoms with Gasteiger partial charge in [-0.2, -0.15) is 0 Å². The lowest BCUT2D eigenvalue weighted by Crippen LogP contribution is -2.18. The zero-order valence-electron chi connectivity index (χ0n) is 10.4. The second-order valence-electron chi connectivity index (χ2n) is 6.89. The molecule has 0 aromatic rings. The van der Waals surface area contributed by atoms with E-state index in [0.29, 0.717) is 5.41 Å². The van der Waals surface area contributed by atoms with Gasteiger partial charge < -0.3 is 0 Å². The maximum absolute atomic E-state index is 4.35. The third-order valence-electron chi connectivity index (χ3n) is 5.91. The average Bonchev–Trinajstić information content (AvgIpc) is 2.55. The Morgan fingerprint density at radius 1 is 1.20 bits per heavy atom.